The molecule has 0 aromatic carbocycles. The van der Waals surface area contributed by atoms with Crippen molar-refractivity contribution in [3.63, 3.8) is 0 Å². The van der Waals surface area contributed by atoms with Gasteiger partial charge in [-0.05, 0) is 6.92 Å². The molecule has 2 rings (SSSR count). The van der Waals surface area contributed by atoms with Crippen molar-refractivity contribution >= 4 is 11.9 Å². The van der Waals surface area contributed by atoms with Gasteiger partial charge in [-0.3, -0.25) is 4.79 Å². The summed E-state index contributed by atoms with van der Waals surface area (Å²) in [5, 5.41) is 9.06. The molecule has 2 fully saturated rings. The van der Waals surface area contributed by atoms with Crippen LogP contribution in [-0.2, 0) is 23.8 Å². The second kappa shape index (κ2) is 3.79. The van der Waals surface area contributed by atoms with E-state index in [4.69, 9.17) is 19.3 Å². The molecule has 15 heavy (non-hydrogen) atoms. The van der Waals surface area contributed by atoms with E-state index in [0.717, 1.165) is 0 Å². The zero-order chi connectivity index (χ0) is 11.0. The lowest BCUT2D eigenvalue weighted by Crippen LogP contribution is -2.32. The summed E-state index contributed by atoms with van der Waals surface area (Å²) in [7, 11) is 0. The lowest BCUT2D eigenvalue weighted by atomic mass is 9.97. The zero-order valence-electron chi connectivity index (χ0n) is 8.21. The lowest BCUT2D eigenvalue weighted by Gasteiger charge is -2.13. The van der Waals surface area contributed by atoms with E-state index in [9.17, 15) is 9.59 Å². The van der Waals surface area contributed by atoms with Gasteiger partial charge >= 0.3 is 11.9 Å². The molecule has 0 saturated carbocycles. The van der Waals surface area contributed by atoms with Gasteiger partial charge in [0.25, 0.3) is 0 Å². The Morgan fingerprint density at radius 2 is 2.33 bits per heavy atom. The molecule has 2 saturated heterocycles. The fourth-order valence-electron chi connectivity index (χ4n) is 1.74. The summed E-state index contributed by atoms with van der Waals surface area (Å²) in [4.78, 5) is 22.4. The molecule has 0 bridgehead atoms. The molecule has 1 N–H and O–H groups in total. The number of aliphatic hydroxyl groups is 1. The molecule has 0 spiro atoms. The fraction of sp³-hybridized carbons (Fsp3) is 0.778. The molecule has 0 aromatic rings. The van der Waals surface area contributed by atoms with Crippen LogP contribution in [0, 0.1) is 5.92 Å². The highest BCUT2D eigenvalue weighted by Crippen LogP contribution is 2.37. The van der Waals surface area contributed by atoms with Gasteiger partial charge in [-0.25, -0.2) is 4.79 Å². The predicted molar refractivity (Wildman–Crippen MR) is 45.5 cm³/mol. The van der Waals surface area contributed by atoms with Crippen molar-refractivity contribution in [2.75, 3.05) is 6.61 Å². The second-order valence-electron chi connectivity index (χ2n) is 3.52. The van der Waals surface area contributed by atoms with Crippen molar-refractivity contribution in [2.45, 2.75) is 31.8 Å². The van der Waals surface area contributed by atoms with Crippen LogP contribution in [0.1, 0.15) is 13.3 Å². The van der Waals surface area contributed by atoms with Crippen molar-refractivity contribution < 1.29 is 28.9 Å². The first-order valence-corrected chi connectivity index (χ1v) is 4.83. The Balaban J connectivity index is 2.01. The van der Waals surface area contributed by atoms with Crippen LogP contribution in [0.2, 0.25) is 0 Å². The van der Waals surface area contributed by atoms with Crippen molar-refractivity contribution in [1.82, 2.24) is 0 Å². The van der Waals surface area contributed by atoms with Gasteiger partial charge in [0.2, 0.25) is 6.10 Å². The molecule has 0 amide bonds. The van der Waals surface area contributed by atoms with E-state index in [1.54, 1.807) is 6.92 Å². The first-order valence-electron chi connectivity index (χ1n) is 4.83. The van der Waals surface area contributed by atoms with Crippen molar-refractivity contribution in [2.24, 2.45) is 5.92 Å². The maximum Gasteiger partial charge on any atom is 0.347 e. The van der Waals surface area contributed by atoms with E-state index in [1.165, 1.54) is 0 Å². The van der Waals surface area contributed by atoms with Crippen LogP contribution in [0.5, 0.6) is 0 Å². The number of aliphatic hydroxyl groups excluding tert-OH is 1. The van der Waals surface area contributed by atoms with Crippen LogP contribution in [0.4, 0.5) is 0 Å². The van der Waals surface area contributed by atoms with Crippen molar-refractivity contribution in [1.29, 1.82) is 0 Å². The number of ether oxygens (including phenoxy) is 3. The number of cyclic esters (lactones) is 1. The van der Waals surface area contributed by atoms with E-state index in [0.29, 0.717) is 0 Å². The topological polar surface area (TPSA) is 85.4 Å². The predicted octanol–water partition coefficient (Wildman–Crippen LogP) is -0.802. The number of carbonyl (C=O) groups excluding carboxylic acids is 2. The summed E-state index contributed by atoms with van der Waals surface area (Å²) in [6.45, 7) is 1.90. The standard InChI is InChI=1S/C9H12O6/c1-2-13-8(11)6-4(3-5(10)14-6)7-9(12)15-7/h4,6-7,9,12H,2-3H2,1H3. The average molecular weight is 216 g/mol. The Kier molecular flexibility index (Phi) is 2.62. The van der Waals surface area contributed by atoms with Gasteiger partial charge in [0.1, 0.15) is 6.10 Å². The van der Waals surface area contributed by atoms with E-state index in [1.807, 2.05) is 0 Å². The Morgan fingerprint density at radius 1 is 1.67 bits per heavy atom. The Hall–Kier alpha value is -1.14. The largest absolute Gasteiger partial charge is 0.463 e. The van der Waals surface area contributed by atoms with Crippen LogP contribution < -0.4 is 0 Å². The summed E-state index contributed by atoms with van der Waals surface area (Å²) in [5.74, 6) is -1.46. The molecular formula is C9H12O6. The number of carbonyl (C=O) groups is 2. The van der Waals surface area contributed by atoms with Crippen LogP contribution in [0.15, 0.2) is 0 Å². The van der Waals surface area contributed by atoms with Crippen molar-refractivity contribution in [3.8, 4) is 0 Å². The number of epoxide rings is 1. The maximum absolute atomic E-state index is 11.4. The third kappa shape index (κ3) is 1.95. The molecule has 6 nitrogen and oxygen atoms in total. The van der Waals surface area contributed by atoms with Gasteiger partial charge in [0, 0.05) is 5.92 Å². The highest BCUT2D eigenvalue weighted by Gasteiger charge is 2.54. The van der Waals surface area contributed by atoms with E-state index >= 15 is 0 Å². The van der Waals surface area contributed by atoms with Gasteiger partial charge in [0.05, 0.1) is 13.0 Å². The number of hydrogen-bond donors (Lipinski definition) is 1. The van der Waals surface area contributed by atoms with Crippen LogP contribution in [0.3, 0.4) is 0 Å². The monoisotopic (exact) mass is 216 g/mol. The smallest absolute Gasteiger partial charge is 0.347 e. The molecule has 2 aliphatic rings. The molecule has 4 unspecified atom stereocenters. The van der Waals surface area contributed by atoms with Crippen LogP contribution in [-0.4, -0.2) is 42.1 Å². The third-order valence-electron chi connectivity index (χ3n) is 2.49. The van der Waals surface area contributed by atoms with E-state index < -0.39 is 36.4 Å². The number of rotatable bonds is 3. The fourth-order valence-corrected chi connectivity index (χ4v) is 1.74. The van der Waals surface area contributed by atoms with Gasteiger partial charge in [-0.2, -0.15) is 0 Å². The minimum Gasteiger partial charge on any atom is -0.463 e. The highest BCUT2D eigenvalue weighted by molar-refractivity contribution is 5.83. The molecule has 0 radical (unpaired) electrons. The van der Waals surface area contributed by atoms with E-state index in [-0.39, 0.29) is 13.0 Å². The Labute approximate surface area is 86.1 Å². The summed E-state index contributed by atoms with van der Waals surface area (Å²) in [5.41, 5.74) is 0. The molecule has 2 aliphatic heterocycles. The summed E-state index contributed by atoms with van der Waals surface area (Å²) >= 11 is 0. The first-order chi connectivity index (χ1) is 7.13. The molecule has 6 heteroatoms. The molecular weight excluding hydrogens is 204 g/mol. The van der Waals surface area contributed by atoms with Gasteiger partial charge < -0.3 is 19.3 Å². The maximum atomic E-state index is 11.4. The number of hydrogen-bond acceptors (Lipinski definition) is 6. The van der Waals surface area contributed by atoms with Gasteiger partial charge in [-0.15, -0.1) is 0 Å². The van der Waals surface area contributed by atoms with Gasteiger partial charge in [0.15, 0.2) is 6.29 Å². The van der Waals surface area contributed by atoms with E-state index in [2.05, 4.69) is 0 Å². The third-order valence-corrected chi connectivity index (χ3v) is 2.49. The summed E-state index contributed by atoms with van der Waals surface area (Å²) < 4.78 is 14.4. The van der Waals surface area contributed by atoms with Crippen molar-refractivity contribution in [3.05, 3.63) is 0 Å². The zero-order valence-corrected chi connectivity index (χ0v) is 8.21. The summed E-state index contributed by atoms with van der Waals surface area (Å²) in [6, 6.07) is 0. The molecule has 0 aromatic heterocycles. The Morgan fingerprint density at radius 3 is 2.87 bits per heavy atom. The molecule has 84 valence electrons. The molecule has 2 heterocycles. The quantitative estimate of drug-likeness (QED) is 0.491. The molecule has 4 atom stereocenters. The highest BCUT2D eigenvalue weighted by atomic mass is 16.7. The average Bonchev–Trinajstić information content (AvgIpc) is 2.75. The Bertz CT molecular complexity index is 288. The first kappa shape index (κ1) is 10.4. The minimum absolute atomic E-state index is 0.0885. The lowest BCUT2D eigenvalue weighted by molar-refractivity contribution is -0.162. The van der Waals surface area contributed by atoms with Crippen LogP contribution >= 0.6 is 0 Å². The van der Waals surface area contributed by atoms with Crippen LogP contribution in [0.25, 0.3) is 0 Å². The normalized spacial score (nSPS) is 38.7. The summed E-state index contributed by atoms with van der Waals surface area (Å²) in [6.07, 6.45) is -2.21. The van der Waals surface area contributed by atoms with Gasteiger partial charge in [-0.1, -0.05) is 0 Å². The SMILES string of the molecule is CCOC(=O)C1OC(=O)CC1C1OC1O. The second-order valence-corrected chi connectivity index (χ2v) is 3.52. The molecule has 0 aliphatic carbocycles. The number of esters is 2. The minimum atomic E-state index is -0.931.